The first-order chi connectivity index (χ1) is 65.7. The Labute approximate surface area is 883 Å². The molecule has 20 aromatic rings. The molecule has 1 aliphatic rings. The van der Waals surface area contributed by atoms with Gasteiger partial charge in [0.05, 0.1) is 11.4 Å². The number of hydrogen-bond donors (Lipinski definition) is 0. The normalized spacial score (nSPS) is 10.7. The van der Waals surface area contributed by atoms with Crippen molar-refractivity contribution in [2.75, 3.05) is 0 Å². The fourth-order valence-electron chi connectivity index (χ4n) is 15.4. The Kier molecular flexibility index (Phi) is 38.2. The molecule has 139 heavy (non-hydrogen) atoms. The average molecular weight is 2710 g/mol. The Morgan fingerprint density at radius 3 is 1.09 bits per heavy atom. The molecule has 0 saturated carbocycles. The van der Waals surface area contributed by atoms with Gasteiger partial charge < -0.3 is 0 Å². The van der Waals surface area contributed by atoms with E-state index in [-0.39, 0.29) is 128 Å². The van der Waals surface area contributed by atoms with E-state index >= 15 is 0 Å². The molecule has 1 aliphatic carbocycles. The first-order valence-corrected chi connectivity index (χ1v) is 44.0. The largest absolute Gasteiger partial charge is 2.00 e. The third-order valence-electron chi connectivity index (χ3n) is 22.6. The molecule has 0 spiro atoms. The summed E-state index contributed by atoms with van der Waals surface area (Å²) in [6, 6.07) is 152. The molecule has 0 bridgehead atoms. The minimum atomic E-state index is -1.04. The Morgan fingerprint density at radius 1 is 0.281 bits per heavy atom. The minimum absolute atomic E-state index is 0. The van der Waals surface area contributed by atoms with E-state index in [2.05, 4.69) is 203 Å². The van der Waals surface area contributed by atoms with Crippen LogP contribution in [0.4, 0.5) is 8.78 Å². The molecule has 11 nitrogen and oxygen atoms in total. The van der Waals surface area contributed by atoms with Gasteiger partial charge in [-0.1, -0.05) is 78.4 Å². The SMILES string of the molecule is CC(C)(c1ccccn1)c1ccc2c(n1)-c1[c-]c(-c3[c-]cccc3)ccc1C2.CC(C)(c1ccccn1)c1cccc(-c2[c-]c(-c3[c-]cccc3)ccc2)n1.O=C(c1ccccn1)c1nc(-c2[c-]c(-c3[c-]cccc3)ccc2)c(F)cc1F.[Pt+2].[Pt+2].[Pt+2].[Pt+2].[Pt+2].[c-]1ccccc1-c1[c-]c(-c2cccc(CCc3ccccn3)n2)ccc1.[c-]1ccccc1-c1[c-]c(-c2cccc(Cc3ccccn3)n2)ccc1. The number of rotatable bonds is 20. The van der Waals surface area contributed by atoms with E-state index in [0.717, 1.165) is 166 Å². The summed E-state index contributed by atoms with van der Waals surface area (Å²) in [7, 11) is 0. The Hall–Kier alpha value is -13.3. The third-order valence-corrected chi connectivity index (χ3v) is 22.6. The van der Waals surface area contributed by atoms with Gasteiger partial charge in [-0.05, 0) is 132 Å². The molecule has 0 unspecified atom stereocenters. The fraction of sp³-hybridized carbons (Fsp3) is 0.0826. The number of halogens is 2. The van der Waals surface area contributed by atoms with Crippen molar-refractivity contribution in [3.05, 3.63) is 541 Å². The second-order valence-corrected chi connectivity index (χ2v) is 32.6. The van der Waals surface area contributed by atoms with E-state index in [1.807, 2.05) is 261 Å². The van der Waals surface area contributed by atoms with Crippen LogP contribution in [0.15, 0.2) is 401 Å². The van der Waals surface area contributed by atoms with E-state index in [1.54, 1.807) is 36.4 Å². The van der Waals surface area contributed by atoms with Gasteiger partial charge in [-0.2, -0.15) is 210 Å². The molecular formula is C121H86F2N10OPt5. The first-order valence-electron chi connectivity index (χ1n) is 44.0. The maximum Gasteiger partial charge on any atom is 2.00 e. The van der Waals surface area contributed by atoms with Crippen LogP contribution in [0.3, 0.4) is 0 Å². The number of aryl methyl sites for hydroxylation is 2. The van der Waals surface area contributed by atoms with Gasteiger partial charge in [0.25, 0.3) is 0 Å². The summed E-state index contributed by atoms with van der Waals surface area (Å²) < 4.78 is 28.7. The number of hydrogen-bond acceptors (Lipinski definition) is 11. The second-order valence-electron chi connectivity index (χ2n) is 32.6. The molecule has 10 aromatic heterocycles. The molecule has 0 radical (unpaired) electrons. The first kappa shape index (κ1) is 105. The molecule has 18 heteroatoms. The van der Waals surface area contributed by atoms with E-state index in [0.29, 0.717) is 17.2 Å². The maximum absolute atomic E-state index is 14.5. The van der Waals surface area contributed by atoms with Gasteiger partial charge in [-0.15, -0.1) is 118 Å². The summed E-state index contributed by atoms with van der Waals surface area (Å²) in [5, 5.41) is 0. The van der Waals surface area contributed by atoms with Gasteiger partial charge >= 0.3 is 105 Å². The fourth-order valence-corrected chi connectivity index (χ4v) is 15.4. The van der Waals surface area contributed by atoms with Crippen molar-refractivity contribution in [1.29, 1.82) is 0 Å². The molecule has 10 heterocycles. The van der Waals surface area contributed by atoms with E-state index in [1.165, 1.54) is 23.4 Å². The van der Waals surface area contributed by atoms with E-state index in [9.17, 15) is 13.6 Å². The molecule has 0 aliphatic heterocycles. The summed E-state index contributed by atoms with van der Waals surface area (Å²) in [6.45, 7) is 8.67. The summed E-state index contributed by atoms with van der Waals surface area (Å²) in [4.78, 5) is 57.9. The van der Waals surface area contributed by atoms with Gasteiger partial charge in [0, 0.05) is 117 Å². The predicted molar refractivity (Wildman–Crippen MR) is 526 cm³/mol. The van der Waals surface area contributed by atoms with Gasteiger partial charge in [-0.25, -0.2) is 36.6 Å². The predicted octanol–water partition coefficient (Wildman–Crippen LogP) is 26.5. The number of carbonyl (C=O) groups is 1. The maximum atomic E-state index is 14.5. The van der Waals surface area contributed by atoms with Gasteiger partial charge in [0.2, 0.25) is 5.78 Å². The average Bonchev–Trinajstić information content (AvgIpc) is 1.61. The van der Waals surface area contributed by atoms with E-state index < -0.39 is 23.1 Å². The number of carbonyl (C=O) groups excluding carboxylic acids is 1. The van der Waals surface area contributed by atoms with Gasteiger partial charge in [0.15, 0.2) is 5.82 Å². The number of benzene rings is 10. The van der Waals surface area contributed by atoms with Crippen LogP contribution in [-0.2, 0) is 142 Å². The zero-order valence-corrected chi connectivity index (χ0v) is 87.0. The van der Waals surface area contributed by atoms with Gasteiger partial charge in [-0.3, -0.25) is 54.6 Å². The molecule has 21 rings (SSSR count). The topological polar surface area (TPSA) is 146 Å². The Bertz CT molecular complexity index is 7350. The molecule has 0 fully saturated rings. The van der Waals surface area contributed by atoms with Crippen molar-refractivity contribution >= 4 is 5.78 Å². The standard InChI is InChI=1S/C26H20N2.C25H20N2.C24H18N2.C23H12F2N2O.C23H16N2.5Pt/c1-26(2,23-10-6-7-15-27-23)24-14-13-21-16-20-12-11-19(17-22(20)25(21)28-24)18-8-4-3-5-9-18;1-25(2,23-15-6-7-17-26-23)24-16-9-14-22(27-24)21-13-8-12-20(18-21)19-10-4-3-5-11-19;1-2-8-19(9-3-1)20-10-6-11-21(18-20)24-14-7-13-23(26-24)16-15-22-12-4-5-17-25-22;24-18-14-19(25)22(23(28)20-11-4-5-12-26-20)27-21(18)17-10-6-9-16(13-17)15-7-2-1-3-8-15;1-2-8-18(9-3-1)19-10-6-11-20(16-19)23-14-7-13-22(25-23)17-21-12-4-5-15-24-21;;;;;/h3-8,10-15H,16H2,1-2H3;3-10,12-17H,1-2H3;1-8,10-14,17H,15-16H2;1-7,9-12,14H;1-8,10-15H,17H2;;;;;/q5*-2;5*+2. The molecular weight excluding hydrogens is 2620 g/mol. The van der Waals surface area contributed by atoms with Crippen LogP contribution in [-0.4, -0.2) is 55.6 Å². The summed E-state index contributed by atoms with van der Waals surface area (Å²) >= 11 is 0. The number of aromatic nitrogens is 10. The van der Waals surface area contributed by atoms with Crippen LogP contribution in [0.1, 0.15) is 101 Å². The minimum Gasteiger partial charge on any atom is -0.292 e. The summed E-state index contributed by atoms with van der Waals surface area (Å²) in [5.41, 5.74) is 27.6. The van der Waals surface area contributed by atoms with Crippen molar-refractivity contribution in [3.63, 3.8) is 0 Å². The van der Waals surface area contributed by atoms with Crippen LogP contribution in [0.2, 0.25) is 0 Å². The van der Waals surface area contributed by atoms with Crippen molar-refractivity contribution in [2.45, 2.75) is 64.2 Å². The summed E-state index contributed by atoms with van der Waals surface area (Å²) in [5.74, 6) is -2.63. The second kappa shape index (κ2) is 50.8. The van der Waals surface area contributed by atoms with Crippen molar-refractivity contribution in [3.8, 4) is 112 Å². The van der Waals surface area contributed by atoms with Crippen molar-refractivity contribution < 1.29 is 119 Å². The number of pyridine rings is 10. The number of nitrogens with zero attached hydrogens (tertiary/aromatic N) is 10. The van der Waals surface area contributed by atoms with Crippen molar-refractivity contribution in [2.24, 2.45) is 0 Å². The number of fused-ring (bicyclic) bond motifs is 3. The summed E-state index contributed by atoms with van der Waals surface area (Å²) in [6.07, 6.45) is 12.1. The van der Waals surface area contributed by atoms with E-state index in [4.69, 9.17) is 19.9 Å². The molecule has 0 N–H and O–H groups in total. The van der Waals surface area contributed by atoms with Gasteiger partial charge in [0.1, 0.15) is 17.2 Å². The molecule has 0 amide bonds. The quantitative estimate of drug-likeness (QED) is 0.0531. The Morgan fingerprint density at radius 2 is 0.640 bits per heavy atom. The Balaban J connectivity index is 0.000000154. The van der Waals surface area contributed by atoms with Crippen LogP contribution in [0.25, 0.3) is 112 Å². The smallest absolute Gasteiger partial charge is 0.292 e. The molecule has 0 saturated heterocycles. The van der Waals surface area contributed by atoms with Crippen LogP contribution >= 0.6 is 0 Å². The molecule has 0 atom stereocenters. The zero-order chi connectivity index (χ0) is 91.8. The number of ketones is 1. The monoisotopic (exact) mass is 2710 g/mol. The van der Waals surface area contributed by atoms with Crippen LogP contribution in [0, 0.1) is 72.3 Å². The molecule has 690 valence electrons. The molecule has 10 aromatic carbocycles. The zero-order valence-electron chi connectivity index (χ0n) is 75.7. The third kappa shape index (κ3) is 27.0. The van der Waals surface area contributed by atoms with Crippen LogP contribution in [0.5, 0.6) is 0 Å². The van der Waals surface area contributed by atoms with Crippen molar-refractivity contribution in [1.82, 2.24) is 49.8 Å². The van der Waals surface area contributed by atoms with Crippen LogP contribution < -0.4 is 0 Å².